The zero-order valence-corrected chi connectivity index (χ0v) is 12.9. The largest absolute Gasteiger partial charge is 0.455 e. The van der Waals surface area contributed by atoms with Gasteiger partial charge >= 0.3 is 0 Å². The van der Waals surface area contributed by atoms with Crippen LogP contribution < -0.4 is 10.5 Å². The van der Waals surface area contributed by atoms with Gasteiger partial charge in [-0.1, -0.05) is 44.8 Å². The van der Waals surface area contributed by atoms with Crippen molar-refractivity contribution in [3.05, 3.63) is 57.0 Å². The molecule has 0 unspecified atom stereocenters. The average molecular weight is 356 g/mol. The Morgan fingerprint density at radius 2 is 2.10 bits per heavy atom. The lowest BCUT2D eigenvalue weighted by molar-refractivity contribution is 0.318. The first kappa shape index (κ1) is 14.7. The third-order valence-corrected chi connectivity index (χ3v) is 3.49. The molecule has 0 bridgehead atoms. The van der Waals surface area contributed by atoms with E-state index in [1.807, 2.05) is 19.1 Å². The molecule has 6 heteroatoms. The van der Waals surface area contributed by atoms with Crippen LogP contribution in [0.1, 0.15) is 11.1 Å². The van der Waals surface area contributed by atoms with E-state index in [0.717, 1.165) is 10.0 Å². The number of oxime groups is 1. The van der Waals surface area contributed by atoms with Gasteiger partial charge in [-0.3, -0.25) is 0 Å². The molecule has 0 radical (unpaired) electrons. The maximum atomic E-state index is 8.84. The summed E-state index contributed by atoms with van der Waals surface area (Å²) < 4.78 is 6.68. The number of hydrogen-bond donors (Lipinski definition) is 2. The van der Waals surface area contributed by atoms with Crippen molar-refractivity contribution in [2.75, 3.05) is 0 Å². The van der Waals surface area contributed by atoms with Crippen LogP contribution in [0.3, 0.4) is 0 Å². The topological polar surface area (TPSA) is 67.8 Å². The number of benzene rings is 2. The summed E-state index contributed by atoms with van der Waals surface area (Å²) in [6.45, 7) is 1.87. The summed E-state index contributed by atoms with van der Waals surface area (Å²) in [5.74, 6) is 0.986. The minimum absolute atomic E-state index is 0.0167. The van der Waals surface area contributed by atoms with Crippen LogP contribution in [-0.4, -0.2) is 11.0 Å². The second kappa shape index (κ2) is 6.15. The van der Waals surface area contributed by atoms with Crippen molar-refractivity contribution in [2.45, 2.75) is 6.92 Å². The van der Waals surface area contributed by atoms with E-state index in [2.05, 4.69) is 21.1 Å². The second-order valence-corrected chi connectivity index (χ2v) is 5.44. The molecule has 2 aromatic rings. The molecule has 0 aliphatic heterocycles. The maximum Gasteiger partial charge on any atom is 0.173 e. The van der Waals surface area contributed by atoms with Gasteiger partial charge in [0.2, 0.25) is 0 Å². The summed E-state index contributed by atoms with van der Waals surface area (Å²) >= 11 is 9.46. The zero-order valence-electron chi connectivity index (χ0n) is 10.6. The molecule has 0 aliphatic carbocycles. The van der Waals surface area contributed by atoms with Crippen LogP contribution in [0.25, 0.3) is 0 Å². The molecule has 2 rings (SSSR count). The number of amidine groups is 1. The fourth-order valence-electron chi connectivity index (χ4n) is 1.71. The van der Waals surface area contributed by atoms with Crippen LogP contribution in [0.5, 0.6) is 11.5 Å². The highest BCUT2D eigenvalue weighted by Crippen LogP contribution is 2.34. The Bertz CT molecular complexity index is 674. The minimum Gasteiger partial charge on any atom is -0.455 e. The Hall–Kier alpha value is -1.72. The molecule has 20 heavy (non-hydrogen) atoms. The fraction of sp³-hybridized carbons (Fsp3) is 0.0714. The van der Waals surface area contributed by atoms with Crippen molar-refractivity contribution in [1.29, 1.82) is 0 Å². The molecule has 0 amide bonds. The van der Waals surface area contributed by atoms with E-state index < -0.39 is 0 Å². The van der Waals surface area contributed by atoms with Gasteiger partial charge in [-0.2, -0.15) is 0 Å². The van der Waals surface area contributed by atoms with Gasteiger partial charge in [-0.15, -0.1) is 0 Å². The Morgan fingerprint density at radius 1 is 1.35 bits per heavy atom. The summed E-state index contributed by atoms with van der Waals surface area (Å²) in [6.07, 6.45) is 0. The first-order valence-electron chi connectivity index (χ1n) is 5.73. The number of halogens is 2. The summed E-state index contributed by atoms with van der Waals surface area (Å²) in [4.78, 5) is 0. The van der Waals surface area contributed by atoms with Crippen LogP contribution in [0.2, 0.25) is 5.02 Å². The first-order valence-corrected chi connectivity index (χ1v) is 6.90. The first-order chi connectivity index (χ1) is 9.52. The molecule has 0 atom stereocenters. The van der Waals surface area contributed by atoms with E-state index in [1.165, 1.54) is 0 Å². The third-order valence-electron chi connectivity index (χ3n) is 2.70. The summed E-state index contributed by atoms with van der Waals surface area (Å²) in [6, 6.07) is 10.7. The number of rotatable bonds is 3. The lowest BCUT2D eigenvalue weighted by atomic mass is 10.1. The Morgan fingerprint density at radius 3 is 2.75 bits per heavy atom. The summed E-state index contributed by atoms with van der Waals surface area (Å²) in [7, 11) is 0. The number of hydrogen-bond acceptors (Lipinski definition) is 3. The van der Waals surface area contributed by atoms with E-state index in [9.17, 15) is 0 Å². The Labute approximate surface area is 129 Å². The van der Waals surface area contributed by atoms with Gasteiger partial charge < -0.3 is 15.7 Å². The molecule has 0 aromatic heterocycles. The molecule has 4 nitrogen and oxygen atoms in total. The molecule has 0 saturated carbocycles. The molecule has 2 aromatic carbocycles. The molecule has 104 valence electrons. The fourth-order valence-corrected chi connectivity index (χ4v) is 2.42. The smallest absolute Gasteiger partial charge is 0.173 e. The van der Waals surface area contributed by atoms with Gasteiger partial charge in [0.1, 0.15) is 11.5 Å². The highest BCUT2D eigenvalue weighted by atomic mass is 79.9. The normalized spacial score (nSPS) is 11.4. The zero-order chi connectivity index (χ0) is 14.7. The lowest BCUT2D eigenvalue weighted by Gasteiger charge is -2.14. The van der Waals surface area contributed by atoms with Crippen LogP contribution in [0.15, 0.2) is 46.0 Å². The second-order valence-electron chi connectivity index (χ2n) is 4.11. The number of nitrogens with two attached hydrogens (primary N) is 1. The quantitative estimate of drug-likeness (QED) is 0.373. The van der Waals surface area contributed by atoms with E-state index in [4.69, 9.17) is 27.3 Å². The Balaban J connectivity index is 2.48. The average Bonchev–Trinajstić information content (AvgIpc) is 2.42. The molecular weight excluding hydrogens is 344 g/mol. The van der Waals surface area contributed by atoms with Gasteiger partial charge in [0, 0.05) is 4.47 Å². The van der Waals surface area contributed by atoms with Crippen molar-refractivity contribution in [2.24, 2.45) is 10.9 Å². The van der Waals surface area contributed by atoms with Crippen LogP contribution in [0, 0.1) is 6.92 Å². The van der Waals surface area contributed by atoms with Gasteiger partial charge in [-0.05, 0) is 36.8 Å². The number of para-hydroxylation sites is 1. The number of aryl methyl sites for hydroxylation is 1. The van der Waals surface area contributed by atoms with Gasteiger partial charge in [0.05, 0.1) is 10.6 Å². The van der Waals surface area contributed by atoms with Crippen molar-refractivity contribution in [3.63, 3.8) is 0 Å². The molecule has 3 N–H and O–H groups in total. The van der Waals surface area contributed by atoms with Crippen LogP contribution in [-0.2, 0) is 0 Å². The van der Waals surface area contributed by atoms with E-state index in [1.54, 1.807) is 24.3 Å². The highest BCUT2D eigenvalue weighted by molar-refractivity contribution is 9.10. The van der Waals surface area contributed by atoms with Gasteiger partial charge in [-0.25, -0.2) is 0 Å². The SMILES string of the molecule is Cc1cccc(/C(N)=N/O)c1Oc1ccc(Br)cc1Cl. The lowest BCUT2D eigenvalue weighted by Crippen LogP contribution is -2.14. The highest BCUT2D eigenvalue weighted by Gasteiger charge is 2.13. The molecule has 0 aliphatic rings. The number of ether oxygens (including phenoxy) is 1. The predicted molar refractivity (Wildman–Crippen MR) is 82.9 cm³/mol. The maximum absolute atomic E-state index is 8.84. The molecular formula is C14H12BrClN2O2. The predicted octanol–water partition coefficient (Wildman–Crippen LogP) is 4.30. The molecule has 0 heterocycles. The van der Waals surface area contributed by atoms with E-state index >= 15 is 0 Å². The summed E-state index contributed by atoms with van der Waals surface area (Å²) in [5, 5.41) is 12.3. The monoisotopic (exact) mass is 354 g/mol. The van der Waals surface area contributed by atoms with Crippen molar-refractivity contribution in [1.82, 2.24) is 0 Å². The molecule has 0 spiro atoms. The number of nitrogens with zero attached hydrogens (tertiary/aromatic N) is 1. The van der Waals surface area contributed by atoms with Crippen molar-refractivity contribution < 1.29 is 9.94 Å². The third kappa shape index (κ3) is 3.05. The Kier molecular flexibility index (Phi) is 4.52. The van der Waals surface area contributed by atoms with Crippen LogP contribution in [0.4, 0.5) is 0 Å². The van der Waals surface area contributed by atoms with Crippen molar-refractivity contribution >= 4 is 33.4 Å². The molecule has 0 saturated heterocycles. The summed E-state index contributed by atoms with van der Waals surface area (Å²) in [5.41, 5.74) is 7.02. The van der Waals surface area contributed by atoms with Crippen LogP contribution >= 0.6 is 27.5 Å². The van der Waals surface area contributed by atoms with Gasteiger partial charge in [0.15, 0.2) is 5.84 Å². The van der Waals surface area contributed by atoms with E-state index in [-0.39, 0.29) is 5.84 Å². The van der Waals surface area contributed by atoms with Crippen molar-refractivity contribution in [3.8, 4) is 11.5 Å². The standard InChI is InChI=1S/C14H12BrClN2O2/c1-8-3-2-4-10(14(17)18-19)13(8)20-12-6-5-9(15)7-11(12)16/h2-7,19H,1H3,(H2,17,18). The molecule has 0 fully saturated rings. The van der Waals surface area contributed by atoms with E-state index in [0.29, 0.717) is 22.1 Å². The minimum atomic E-state index is -0.0167. The van der Waals surface area contributed by atoms with Gasteiger partial charge in [0.25, 0.3) is 0 Å².